The predicted octanol–water partition coefficient (Wildman–Crippen LogP) is 2.85. The second-order valence-electron chi connectivity index (χ2n) is 4.53. The minimum atomic E-state index is -3.56. The summed E-state index contributed by atoms with van der Waals surface area (Å²) in [7, 11) is -3.56. The van der Waals surface area contributed by atoms with E-state index in [1.54, 1.807) is 6.07 Å². The van der Waals surface area contributed by atoms with Crippen LogP contribution in [0.3, 0.4) is 0 Å². The Balaban J connectivity index is 2.08. The summed E-state index contributed by atoms with van der Waals surface area (Å²) in [6, 6.07) is 12.6. The van der Waals surface area contributed by atoms with Gasteiger partial charge in [-0.2, -0.15) is 0 Å². The maximum atomic E-state index is 12.2. The molecule has 21 heavy (non-hydrogen) atoms. The van der Waals surface area contributed by atoms with Gasteiger partial charge in [-0.25, -0.2) is 13.1 Å². The Bertz CT molecular complexity index is 671. The van der Waals surface area contributed by atoms with Gasteiger partial charge in [0.05, 0.1) is 4.34 Å². The van der Waals surface area contributed by atoms with E-state index in [0.29, 0.717) is 10.8 Å². The molecule has 0 fully saturated rings. The molecular weight excluding hydrogens is 330 g/mol. The first-order valence-corrected chi connectivity index (χ1v) is 9.11. The number of rotatable bonds is 7. The van der Waals surface area contributed by atoms with Crippen LogP contribution in [0.2, 0.25) is 4.34 Å². The number of aliphatic hydroxyl groups is 1. The van der Waals surface area contributed by atoms with Gasteiger partial charge in [-0.3, -0.25) is 0 Å². The first-order chi connectivity index (χ1) is 10.0. The van der Waals surface area contributed by atoms with Crippen molar-refractivity contribution < 1.29 is 13.5 Å². The summed E-state index contributed by atoms with van der Waals surface area (Å²) >= 11 is 6.79. The molecule has 1 atom stereocenters. The van der Waals surface area contributed by atoms with Gasteiger partial charge in [-0.15, -0.1) is 11.3 Å². The number of hydrogen-bond acceptors (Lipinski definition) is 4. The molecule has 0 saturated carbocycles. The minimum absolute atomic E-state index is 0.00607. The van der Waals surface area contributed by atoms with Crippen LogP contribution in [0, 0.1) is 0 Å². The molecular formula is C14H16ClNO3S2. The van der Waals surface area contributed by atoms with Gasteiger partial charge >= 0.3 is 0 Å². The molecule has 2 rings (SSSR count). The van der Waals surface area contributed by atoms with E-state index in [2.05, 4.69) is 4.72 Å². The van der Waals surface area contributed by atoms with E-state index in [1.165, 1.54) is 6.07 Å². The topological polar surface area (TPSA) is 66.4 Å². The number of sulfonamides is 1. The van der Waals surface area contributed by atoms with Gasteiger partial charge in [-0.1, -0.05) is 41.9 Å². The first kappa shape index (κ1) is 16.5. The molecule has 1 aromatic heterocycles. The number of thiophene rings is 1. The highest BCUT2D eigenvalue weighted by Crippen LogP contribution is 2.26. The summed E-state index contributed by atoms with van der Waals surface area (Å²) in [5, 5.41) is 9.16. The quantitative estimate of drug-likeness (QED) is 0.811. The van der Waals surface area contributed by atoms with Crippen LogP contribution in [-0.4, -0.2) is 26.7 Å². The second-order valence-corrected chi connectivity index (χ2v) is 8.24. The summed E-state index contributed by atoms with van der Waals surface area (Å²) in [4.78, 5) is 0. The summed E-state index contributed by atoms with van der Waals surface area (Å²) in [5.41, 5.74) is 0.999. The van der Waals surface area contributed by atoms with Crippen LogP contribution in [0.25, 0.3) is 0 Å². The maximum Gasteiger partial charge on any atom is 0.250 e. The molecule has 0 aliphatic rings. The fraction of sp³-hybridized carbons (Fsp3) is 0.286. The van der Waals surface area contributed by atoms with Crippen LogP contribution in [0.1, 0.15) is 17.9 Å². The molecule has 0 spiro atoms. The van der Waals surface area contributed by atoms with Crippen molar-refractivity contribution in [1.29, 1.82) is 0 Å². The Kier molecular flexibility index (Phi) is 5.78. The average molecular weight is 346 g/mol. The second kappa shape index (κ2) is 7.38. The van der Waals surface area contributed by atoms with E-state index < -0.39 is 10.0 Å². The molecule has 2 aromatic rings. The third-order valence-electron chi connectivity index (χ3n) is 3.08. The molecule has 0 radical (unpaired) electrons. The maximum absolute atomic E-state index is 12.2. The van der Waals surface area contributed by atoms with Gasteiger partial charge in [0.15, 0.2) is 0 Å². The van der Waals surface area contributed by atoms with E-state index in [-0.39, 0.29) is 23.3 Å². The predicted molar refractivity (Wildman–Crippen MR) is 85.4 cm³/mol. The highest BCUT2D eigenvalue weighted by atomic mass is 35.5. The zero-order chi connectivity index (χ0) is 15.3. The molecule has 0 saturated heterocycles. The normalized spacial score (nSPS) is 13.2. The molecule has 1 heterocycles. The van der Waals surface area contributed by atoms with Crippen LogP contribution in [0.5, 0.6) is 0 Å². The molecule has 0 aliphatic heterocycles. The smallest absolute Gasteiger partial charge is 0.250 e. The van der Waals surface area contributed by atoms with Gasteiger partial charge in [0.25, 0.3) is 0 Å². The largest absolute Gasteiger partial charge is 0.396 e. The molecule has 2 N–H and O–H groups in total. The monoisotopic (exact) mass is 345 g/mol. The minimum Gasteiger partial charge on any atom is -0.396 e. The van der Waals surface area contributed by atoms with Gasteiger partial charge in [0.1, 0.15) is 4.21 Å². The highest BCUT2D eigenvalue weighted by molar-refractivity contribution is 7.91. The van der Waals surface area contributed by atoms with Crippen molar-refractivity contribution in [1.82, 2.24) is 4.72 Å². The van der Waals surface area contributed by atoms with Crippen LogP contribution in [-0.2, 0) is 10.0 Å². The third-order valence-corrected chi connectivity index (χ3v) is 6.23. The number of aliphatic hydroxyl groups excluding tert-OH is 1. The van der Waals surface area contributed by atoms with Crippen LogP contribution in [0.15, 0.2) is 46.7 Å². The Labute approximate surface area is 133 Å². The molecule has 1 aromatic carbocycles. The van der Waals surface area contributed by atoms with Gasteiger partial charge in [0.2, 0.25) is 10.0 Å². The van der Waals surface area contributed by atoms with Gasteiger partial charge in [-0.05, 0) is 30.0 Å². The summed E-state index contributed by atoms with van der Waals surface area (Å²) in [6.45, 7) is 0.245. The SMILES string of the molecule is O=S(=O)(NCC(CCO)c1ccccc1)c1ccc(Cl)s1. The van der Waals surface area contributed by atoms with E-state index in [4.69, 9.17) is 16.7 Å². The number of hydrogen-bond donors (Lipinski definition) is 2. The van der Waals surface area contributed by atoms with Crippen molar-refractivity contribution in [3.05, 3.63) is 52.4 Å². The number of halogens is 1. The Morgan fingerprint density at radius 1 is 1.19 bits per heavy atom. The Morgan fingerprint density at radius 2 is 1.90 bits per heavy atom. The zero-order valence-electron chi connectivity index (χ0n) is 11.2. The summed E-state index contributed by atoms with van der Waals surface area (Å²) < 4.78 is 27.5. The number of nitrogens with one attached hydrogen (secondary N) is 1. The molecule has 0 aliphatic carbocycles. The van der Waals surface area contributed by atoms with Crippen molar-refractivity contribution in [2.45, 2.75) is 16.5 Å². The first-order valence-electron chi connectivity index (χ1n) is 6.44. The lowest BCUT2D eigenvalue weighted by Gasteiger charge is -2.16. The zero-order valence-corrected chi connectivity index (χ0v) is 13.6. The lowest BCUT2D eigenvalue weighted by atomic mass is 9.96. The van der Waals surface area contributed by atoms with Crippen molar-refractivity contribution >= 4 is 33.0 Å². The standard InChI is InChI=1S/C14H16ClNO3S2/c15-13-6-7-14(20-13)21(18,19)16-10-12(8-9-17)11-4-2-1-3-5-11/h1-7,12,16-17H,8-10H2. The fourth-order valence-corrected chi connectivity index (χ4v) is 4.60. The van der Waals surface area contributed by atoms with E-state index in [1.807, 2.05) is 30.3 Å². The molecule has 114 valence electrons. The van der Waals surface area contributed by atoms with Crippen molar-refractivity contribution in [3.8, 4) is 0 Å². The van der Waals surface area contributed by atoms with Gasteiger partial charge < -0.3 is 5.11 Å². The molecule has 4 nitrogen and oxygen atoms in total. The van der Waals surface area contributed by atoms with Crippen molar-refractivity contribution in [2.75, 3.05) is 13.2 Å². The summed E-state index contributed by atoms with van der Waals surface area (Å²) in [5.74, 6) is -0.0681. The lowest BCUT2D eigenvalue weighted by Crippen LogP contribution is -2.28. The average Bonchev–Trinajstić information content (AvgIpc) is 2.92. The van der Waals surface area contributed by atoms with Crippen molar-refractivity contribution in [3.63, 3.8) is 0 Å². The lowest BCUT2D eigenvalue weighted by molar-refractivity contribution is 0.275. The Hall–Kier alpha value is -0.920. The van der Waals surface area contributed by atoms with Crippen LogP contribution < -0.4 is 4.72 Å². The molecule has 0 bridgehead atoms. The van der Waals surface area contributed by atoms with Gasteiger partial charge in [0, 0.05) is 13.2 Å². The summed E-state index contributed by atoms with van der Waals surface area (Å²) in [6.07, 6.45) is 0.498. The van der Waals surface area contributed by atoms with E-state index in [9.17, 15) is 8.42 Å². The Morgan fingerprint density at radius 3 is 2.48 bits per heavy atom. The number of benzene rings is 1. The highest BCUT2D eigenvalue weighted by Gasteiger charge is 2.19. The van der Waals surface area contributed by atoms with Crippen molar-refractivity contribution in [2.24, 2.45) is 0 Å². The van der Waals surface area contributed by atoms with Crippen LogP contribution in [0.4, 0.5) is 0 Å². The van der Waals surface area contributed by atoms with Crippen LogP contribution >= 0.6 is 22.9 Å². The molecule has 1 unspecified atom stereocenters. The third kappa shape index (κ3) is 4.52. The molecule has 7 heteroatoms. The van der Waals surface area contributed by atoms with E-state index >= 15 is 0 Å². The molecule has 0 amide bonds. The fourth-order valence-electron chi connectivity index (χ4n) is 1.99. The van der Waals surface area contributed by atoms with E-state index in [0.717, 1.165) is 16.9 Å².